The lowest BCUT2D eigenvalue weighted by molar-refractivity contribution is 0.130. The van der Waals surface area contributed by atoms with E-state index in [1.165, 1.54) is 19.3 Å². The highest BCUT2D eigenvalue weighted by Crippen LogP contribution is 2.30. The highest BCUT2D eigenvalue weighted by molar-refractivity contribution is 6.34. The van der Waals surface area contributed by atoms with Crippen molar-refractivity contribution in [2.45, 2.75) is 45.1 Å². The average Bonchev–Trinajstić information content (AvgIpc) is 2.39. The number of hydrogen-bond acceptors (Lipinski definition) is 2. The molecule has 1 aromatic carbocycles. The zero-order chi connectivity index (χ0) is 13.8. The topological polar surface area (TPSA) is 59.1 Å². The van der Waals surface area contributed by atoms with Gasteiger partial charge in [-0.25, -0.2) is 0 Å². The van der Waals surface area contributed by atoms with Gasteiger partial charge in [0, 0.05) is 5.56 Å². The quantitative estimate of drug-likeness (QED) is 0.647. The fourth-order valence-corrected chi connectivity index (χ4v) is 2.91. The molecule has 0 spiro atoms. The van der Waals surface area contributed by atoms with Gasteiger partial charge in [-0.3, -0.25) is 5.41 Å². The second-order valence-electron chi connectivity index (χ2n) is 5.22. The molecule has 0 saturated heterocycles. The Balaban J connectivity index is 1.97. The normalized spacial score (nSPS) is 23.1. The summed E-state index contributed by atoms with van der Waals surface area (Å²) in [6, 6.07) is 5.34. The van der Waals surface area contributed by atoms with Gasteiger partial charge in [-0.2, -0.15) is 0 Å². The number of nitrogens with one attached hydrogen (secondary N) is 1. The lowest BCUT2D eigenvalue weighted by Crippen LogP contribution is -2.24. The Kier molecular flexibility index (Phi) is 4.70. The van der Waals surface area contributed by atoms with Crippen LogP contribution in [-0.4, -0.2) is 11.9 Å². The largest absolute Gasteiger partial charge is 0.490 e. The number of rotatable bonds is 4. The second-order valence-corrected chi connectivity index (χ2v) is 5.63. The molecule has 3 N–H and O–H groups in total. The number of amidine groups is 1. The fourth-order valence-electron chi connectivity index (χ4n) is 2.64. The van der Waals surface area contributed by atoms with E-state index >= 15 is 0 Å². The van der Waals surface area contributed by atoms with Crippen LogP contribution in [0.1, 0.15) is 44.6 Å². The van der Waals surface area contributed by atoms with Gasteiger partial charge in [0.2, 0.25) is 0 Å². The summed E-state index contributed by atoms with van der Waals surface area (Å²) in [6.07, 6.45) is 6.30. The van der Waals surface area contributed by atoms with Crippen molar-refractivity contribution in [2.75, 3.05) is 0 Å². The van der Waals surface area contributed by atoms with Crippen LogP contribution in [0.15, 0.2) is 18.2 Å². The first-order chi connectivity index (χ1) is 9.10. The molecule has 0 aliphatic heterocycles. The number of benzene rings is 1. The van der Waals surface area contributed by atoms with Gasteiger partial charge in [0.05, 0.1) is 11.1 Å². The Bertz CT molecular complexity index is 453. The van der Waals surface area contributed by atoms with Crippen molar-refractivity contribution >= 4 is 17.4 Å². The summed E-state index contributed by atoms with van der Waals surface area (Å²) in [6.45, 7) is 2.26. The van der Waals surface area contributed by atoms with E-state index in [4.69, 9.17) is 27.5 Å². The summed E-state index contributed by atoms with van der Waals surface area (Å²) in [7, 11) is 0. The van der Waals surface area contributed by atoms with Crippen LogP contribution in [0.2, 0.25) is 5.02 Å². The Morgan fingerprint density at radius 2 is 2.05 bits per heavy atom. The molecule has 0 unspecified atom stereocenters. The third kappa shape index (κ3) is 3.63. The van der Waals surface area contributed by atoms with E-state index in [1.54, 1.807) is 12.1 Å². The van der Waals surface area contributed by atoms with Gasteiger partial charge in [-0.05, 0) is 49.8 Å². The predicted molar refractivity (Wildman–Crippen MR) is 79.1 cm³/mol. The molecule has 0 atom stereocenters. The first-order valence-electron chi connectivity index (χ1n) is 6.90. The van der Waals surface area contributed by atoms with Gasteiger partial charge in [0.1, 0.15) is 11.6 Å². The second kappa shape index (κ2) is 6.29. The lowest BCUT2D eigenvalue weighted by Gasteiger charge is -2.28. The predicted octanol–water partition coefficient (Wildman–Crippen LogP) is 3.97. The Labute approximate surface area is 119 Å². The smallest absolute Gasteiger partial charge is 0.124 e. The molecule has 1 saturated carbocycles. The summed E-state index contributed by atoms with van der Waals surface area (Å²) >= 11 is 6.09. The summed E-state index contributed by atoms with van der Waals surface area (Å²) in [5.74, 6) is 1.62. The molecule has 0 bridgehead atoms. The van der Waals surface area contributed by atoms with Gasteiger partial charge < -0.3 is 10.5 Å². The van der Waals surface area contributed by atoms with Crippen molar-refractivity contribution in [3.8, 4) is 5.75 Å². The van der Waals surface area contributed by atoms with E-state index in [-0.39, 0.29) is 5.84 Å². The van der Waals surface area contributed by atoms with Crippen LogP contribution in [0.5, 0.6) is 5.75 Å². The standard InChI is InChI=1S/C15H21ClN2O/c1-2-10-3-5-11(6-4-10)19-12-7-8-13(15(17)18)14(16)9-12/h7-11H,2-6H2,1H3,(H3,17,18). The third-order valence-corrected chi connectivity index (χ3v) is 4.22. The molecule has 0 amide bonds. The summed E-state index contributed by atoms with van der Waals surface area (Å²) in [5.41, 5.74) is 6.00. The van der Waals surface area contributed by atoms with Crippen LogP contribution in [0.25, 0.3) is 0 Å². The maximum atomic E-state index is 7.40. The molecule has 1 aliphatic carbocycles. The zero-order valence-electron chi connectivity index (χ0n) is 11.3. The van der Waals surface area contributed by atoms with Crippen molar-refractivity contribution in [2.24, 2.45) is 11.7 Å². The number of nitrogen functional groups attached to an aromatic ring is 1. The van der Waals surface area contributed by atoms with Crippen LogP contribution >= 0.6 is 11.6 Å². The van der Waals surface area contributed by atoms with Crippen molar-refractivity contribution in [3.05, 3.63) is 28.8 Å². The molecule has 1 aromatic rings. The minimum atomic E-state index is -0.0139. The molecule has 0 radical (unpaired) electrons. The molecule has 104 valence electrons. The van der Waals surface area contributed by atoms with Crippen LogP contribution < -0.4 is 10.5 Å². The fraction of sp³-hybridized carbons (Fsp3) is 0.533. The van der Waals surface area contributed by atoms with Crippen LogP contribution in [0.3, 0.4) is 0 Å². The van der Waals surface area contributed by atoms with Crippen LogP contribution in [0.4, 0.5) is 0 Å². The minimum Gasteiger partial charge on any atom is -0.490 e. The van der Waals surface area contributed by atoms with E-state index in [0.29, 0.717) is 16.7 Å². The summed E-state index contributed by atoms with van der Waals surface area (Å²) < 4.78 is 5.97. The molecule has 1 aliphatic rings. The van der Waals surface area contributed by atoms with Crippen molar-refractivity contribution in [1.82, 2.24) is 0 Å². The molecule has 2 rings (SSSR count). The maximum absolute atomic E-state index is 7.40. The average molecular weight is 281 g/mol. The van der Waals surface area contributed by atoms with E-state index in [9.17, 15) is 0 Å². The van der Waals surface area contributed by atoms with E-state index in [2.05, 4.69) is 6.92 Å². The molecular weight excluding hydrogens is 260 g/mol. The molecule has 4 heteroatoms. The van der Waals surface area contributed by atoms with E-state index in [1.807, 2.05) is 6.07 Å². The number of ether oxygens (including phenoxy) is 1. The summed E-state index contributed by atoms with van der Waals surface area (Å²) in [5, 5.41) is 7.87. The van der Waals surface area contributed by atoms with Gasteiger partial charge in [-0.15, -0.1) is 0 Å². The number of halogens is 1. The summed E-state index contributed by atoms with van der Waals surface area (Å²) in [4.78, 5) is 0. The Hall–Kier alpha value is -1.22. The maximum Gasteiger partial charge on any atom is 0.124 e. The molecule has 1 fully saturated rings. The van der Waals surface area contributed by atoms with Crippen molar-refractivity contribution < 1.29 is 4.74 Å². The Morgan fingerprint density at radius 1 is 1.37 bits per heavy atom. The third-order valence-electron chi connectivity index (χ3n) is 3.90. The lowest BCUT2D eigenvalue weighted by atomic mass is 9.86. The van der Waals surface area contributed by atoms with Gasteiger partial charge >= 0.3 is 0 Å². The minimum absolute atomic E-state index is 0.0139. The van der Waals surface area contributed by atoms with Crippen LogP contribution in [0, 0.1) is 11.3 Å². The number of nitrogens with two attached hydrogens (primary N) is 1. The van der Waals surface area contributed by atoms with Crippen LogP contribution in [-0.2, 0) is 0 Å². The molecule has 0 heterocycles. The van der Waals surface area contributed by atoms with Gasteiger partial charge in [0.15, 0.2) is 0 Å². The number of hydrogen-bond donors (Lipinski definition) is 2. The Morgan fingerprint density at radius 3 is 2.58 bits per heavy atom. The van der Waals surface area contributed by atoms with Crippen molar-refractivity contribution in [3.63, 3.8) is 0 Å². The zero-order valence-corrected chi connectivity index (χ0v) is 12.0. The molecule has 3 nitrogen and oxygen atoms in total. The first-order valence-corrected chi connectivity index (χ1v) is 7.28. The van der Waals surface area contributed by atoms with Gasteiger partial charge in [-0.1, -0.05) is 24.9 Å². The molecule has 19 heavy (non-hydrogen) atoms. The van der Waals surface area contributed by atoms with Crippen molar-refractivity contribution in [1.29, 1.82) is 5.41 Å². The van der Waals surface area contributed by atoms with E-state index < -0.39 is 0 Å². The molecular formula is C15H21ClN2O. The first kappa shape index (κ1) is 14.2. The van der Waals surface area contributed by atoms with Gasteiger partial charge in [0.25, 0.3) is 0 Å². The molecule has 0 aromatic heterocycles. The van der Waals surface area contributed by atoms with E-state index in [0.717, 1.165) is 24.5 Å². The highest BCUT2D eigenvalue weighted by atomic mass is 35.5. The highest BCUT2D eigenvalue weighted by Gasteiger charge is 2.21. The monoisotopic (exact) mass is 280 g/mol. The SMILES string of the molecule is CCC1CCC(Oc2ccc(C(=N)N)c(Cl)c2)CC1.